The summed E-state index contributed by atoms with van der Waals surface area (Å²) in [6.07, 6.45) is 4.37. The van der Waals surface area contributed by atoms with Crippen molar-refractivity contribution in [2.24, 2.45) is 23.5 Å². The Morgan fingerprint density at radius 2 is 1.68 bits per heavy atom. The van der Waals surface area contributed by atoms with Crippen LogP contribution in [0.1, 0.15) is 109 Å². The predicted molar refractivity (Wildman–Crippen MR) is 220 cm³/mol. The van der Waals surface area contributed by atoms with E-state index in [1.807, 2.05) is 76.2 Å². The largest absolute Gasteiger partial charge is 0.493 e. The average Bonchev–Trinajstić information content (AvgIpc) is 3.57. The number of amides is 4. The molecule has 4 rings (SSSR count). The number of nitrogens with two attached hydrogens (primary N) is 1. The second kappa shape index (κ2) is 22.4. The molecule has 7 N–H and O–H groups in total. The quantitative estimate of drug-likeness (QED) is 0.106. The number of hydrogen-bond donors (Lipinski definition) is 6. The second-order valence-electron chi connectivity index (χ2n) is 16.4. The average molecular weight is 800 g/mol. The summed E-state index contributed by atoms with van der Waals surface area (Å²) < 4.78 is 6.24. The van der Waals surface area contributed by atoms with Crippen molar-refractivity contribution in [1.82, 2.24) is 20.9 Å². The van der Waals surface area contributed by atoms with Crippen LogP contribution in [0.3, 0.4) is 0 Å². The summed E-state index contributed by atoms with van der Waals surface area (Å²) in [6.45, 7) is 10.4. The molecule has 5 atom stereocenters. The van der Waals surface area contributed by atoms with Crippen molar-refractivity contribution in [3.8, 4) is 5.75 Å². The third kappa shape index (κ3) is 12.5. The van der Waals surface area contributed by atoms with E-state index in [1.54, 1.807) is 0 Å². The standard InChI is InChI=1S/C43H65N5O7.ClH/c1-28(2)24-43(35-27-55-39-17-16-33(20-34(35)39)26-45-18-19-49,48(30(5)50)41(53)36(44)21-31-12-8-6-9-13-31)42(54)47-37(22-32-14-10-7-11-15-32)38(51)23-40(52)46-25-29(3)4;/h6,8-9,12-13,16-17,20,28-29,32,35-38,45,49,51H,7,10-11,14-15,18-19,21-27,44H2,1-5H3,(H,46,52)(H,47,54);1H/t35?,36-,37-,38?,43-;/m0./s1. The van der Waals surface area contributed by atoms with Crippen LogP contribution in [0.4, 0.5) is 0 Å². The van der Waals surface area contributed by atoms with Crippen LogP contribution in [-0.2, 0) is 32.1 Å². The van der Waals surface area contributed by atoms with Gasteiger partial charge in [0, 0.05) is 32.1 Å². The zero-order chi connectivity index (χ0) is 40.1. The van der Waals surface area contributed by atoms with Gasteiger partial charge in [0.05, 0.1) is 43.7 Å². The maximum atomic E-state index is 15.6. The molecule has 1 heterocycles. The molecular weight excluding hydrogens is 734 g/mol. The molecule has 0 saturated heterocycles. The number of carbonyl (C=O) groups is 4. The van der Waals surface area contributed by atoms with Gasteiger partial charge < -0.3 is 36.6 Å². The Morgan fingerprint density at radius 3 is 2.30 bits per heavy atom. The highest BCUT2D eigenvalue weighted by Crippen LogP contribution is 2.47. The molecule has 0 bridgehead atoms. The van der Waals surface area contributed by atoms with Gasteiger partial charge >= 0.3 is 0 Å². The van der Waals surface area contributed by atoms with Crippen LogP contribution >= 0.6 is 12.4 Å². The van der Waals surface area contributed by atoms with Gasteiger partial charge in [-0.05, 0) is 54.2 Å². The van der Waals surface area contributed by atoms with Gasteiger partial charge in [-0.1, -0.05) is 102 Å². The maximum absolute atomic E-state index is 15.6. The van der Waals surface area contributed by atoms with Crippen molar-refractivity contribution < 1.29 is 34.1 Å². The molecule has 1 saturated carbocycles. The SMILES string of the molecule is CC(=O)N(C(=O)[C@@H](N)Cc1ccccc1)[C@](CC(C)C)(C(=O)N[C@@H](CC1CCCCC1)C(O)CC(=O)NCC(C)C)C1COc2ccc(CNCCO)cc21.Cl. The van der Waals surface area contributed by atoms with Gasteiger partial charge in [-0.15, -0.1) is 12.4 Å². The molecule has 312 valence electrons. The maximum Gasteiger partial charge on any atom is 0.247 e. The van der Waals surface area contributed by atoms with Gasteiger partial charge in [-0.2, -0.15) is 0 Å². The minimum absolute atomic E-state index is 0. The highest BCUT2D eigenvalue weighted by molar-refractivity contribution is 6.04. The zero-order valence-corrected chi connectivity index (χ0v) is 34.7. The predicted octanol–water partition coefficient (Wildman–Crippen LogP) is 4.37. The second-order valence-corrected chi connectivity index (χ2v) is 16.4. The fourth-order valence-electron chi connectivity index (χ4n) is 8.31. The monoisotopic (exact) mass is 799 g/mol. The van der Waals surface area contributed by atoms with Crippen molar-refractivity contribution in [3.63, 3.8) is 0 Å². The van der Waals surface area contributed by atoms with Gasteiger partial charge in [0.2, 0.25) is 23.6 Å². The van der Waals surface area contributed by atoms with Crippen molar-refractivity contribution in [1.29, 1.82) is 0 Å². The lowest BCUT2D eigenvalue weighted by Crippen LogP contribution is -2.69. The van der Waals surface area contributed by atoms with Crippen LogP contribution < -0.4 is 26.4 Å². The number of nitrogens with one attached hydrogen (secondary N) is 3. The van der Waals surface area contributed by atoms with Gasteiger partial charge in [0.25, 0.3) is 0 Å². The Hall–Kier alpha value is -3.55. The first kappa shape index (κ1) is 46.8. The van der Waals surface area contributed by atoms with E-state index in [4.69, 9.17) is 10.5 Å². The van der Waals surface area contributed by atoms with Gasteiger partial charge in [-0.3, -0.25) is 24.1 Å². The topological polar surface area (TPSA) is 183 Å². The van der Waals surface area contributed by atoms with E-state index in [0.29, 0.717) is 37.4 Å². The molecular formula is C43H66ClN5O7. The molecule has 0 aromatic heterocycles. The Bertz CT molecular complexity index is 1570. The molecule has 56 heavy (non-hydrogen) atoms. The van der Waals surface area contributed by atoms with Crippen molar-refractivity contribution >= 4 is 36.0 Å². The van der Waals surface area contributed by atoms with Crippen LogP contribution in [0.25, 0.3) is 0 Å². The molecule has 2 aromatic carbocycles. The number of aliphatic hydroxyl groups excluding tert-OH is 2. The van der Waals surface area contributed by atoms with E-state index in [9.17, 15) is 24.6 Å². The third-order valence-electron chi connectivity index (χ3n) is 10.9. The van der Waals surface area contributed by atoms with Crippen LogP contribution in [0.5, 0.6) is 5.75 Å². The third-order valence-corrected chi connectivity index (χ3v) is 10.9. The summed E-state index contributed by atoms with van der Waals surface area (Å²) in [4.78, 5) is 58.5. The van der Waals surface area contributed by atoms with E-state index in [0.717, 1.165) is 48.1 Å². The molecule has 4 amide bonds. The smallest absolute Gasteiger partial charge is 0.247 e. The molecule has 2 aliphatic rings. The lowest BCUT2D eigenvalue weighted by Gasteiger charge is -2.47. The summed E-state index contributed by atoms with van der Waals surface area (Å²) in [6, 6.07) is 13.0. The normalized spacial score (nSPS) is 18.1. The lowest BCUT2D eigenvalue weighted by atomic mass is 9.72. The number of rotatable bonds is 20. The van der Waals surface area contributed by atoms with E-state index in [2.05, 4.69) is 16.0 Å². The highest BCUT2D eigenvalue weighted by atomic mass is 35.5. The number of nitrogens with zero attached hydrogens (tertiary/aromatic N) is 1. The molecule has 0 radical (unpaired) electrons. The number of halogens is 1. The molecule has 2 unspecified atom stereocenters. The summed E-state index contributed by atoms with van der Waals surface area (Å²) in [7, 11) is 0. The Kier molecular flexibility index (Phi) is 18.7. The minimum atomic E-state index is -1.82. The van der Waals surface area contributed by atoms with Gasteiger partial charge in [0.15, 0.2) is 0 Å². The summed E-state index contributed by atoms with van der Waals surface area (Å²) >= 11 is 0. The zero-order valence-electron chi connectivity index (χ0n) is 33.9. The summed E-state index contributed by atoms with van der Waals surface area (Å²) in [5, 5.41) is 30.4. The first-order chi connectivity index (χ1) is 26.3. The molecule has 1 aliphatic carbocycles. The van der Waals surface area contributed by atoms with E-state index in [1.165, 1.54) is 6.92 Å². The van der Waals surface area contributed by atoms with E-state index >= 15 is 4.79 Å². The Morgan fingerprint density at radius 1 is 0.982 bits per heavy atom. The van der Waals surface area contributed by atoms with Crippen LogP contribution in [0.15, 0.2) is 48.5 Å². The fourth-order valence-corrected chi connectivity index (χ4v) is 8.31. The van der Waals surface area contributed by atoms with Crippen molar-refractivity contribution in [2.45, 2.75) is 129 Å². The molecule has 12 nitrogen and oxygen atoms in total. The van der Waals surface area contributed by atoms with Crippen molar-refractivity contribution in [2.75, 3.05) is 26.3 Å². The Labute approximate surface area is 339 Å². The molecule has 2 aromatic rings. The minimum Gasteiger partial charge on any atom is -0.493 e. The summed E-state index contributed by atoms with van der Waals surface area (Å²) in [5.41, 5.74) is 7.20. The number of ether oxygens (including phenoxy) is 1. The summed E-state index contributed by atoms with van der Waals surface area (Å²) in [5.74, 6) is -2.21. The van der Waals surface area contributed by atoms with Gasteiger partial charge in [0.1, 0.15) is 11.3 Å². The van der Waals surface area contributed by atoms with Gasteiger partial charge in [-0.25, -0.2) is 0 Å². The number of aliphatic hydroxyl groups is 2. The molecule has 13 heteroatoms. The van der Waals surface area contributed by atoms with E-state index in [-0.39, 0.29) is 68.5 Å². The van der Waals surface area contributed by atoms with Crippen molar-refractivity contribution in [3.05, 3.63) is 65.2 Å². The van der Waals surface area contributed by atoms with Crippen LogP contribution in [0.2, 0.25) is 0 Å². The lowest BCUT2D eigenvalue weighted by molar-refractivity contribution is -0.162. The first-order valence-electron chi connectivity index (χ1n) is 20.2. The fraction of sp³-hybridized carbons (Fsp3) is 0.628. The van der Waals surface area contributed by atoms with Crippen LogP contribution in [0, 0.1) is 17.8 Å². The van der Waals surface area contributed by atoms with Crippen LogP contribution in [-0.4, -0.2) is 88.8 Å². The number of carbonyl (C=O) groups excluding carboxylic acids is 4. The first-order valence-corrected chi connectivity index (χ1v) is 20.2. The van der Waals surface area contributed by atoms with E-state index < -0.39 is 47.4 Å². The highest BCUT2D eigenvalue weighted by Gasteiger charge is 2.58. The number of benzene rings is 2. The number of fused-ring (bicyclic) bond motifs is 1. The molecule has 1 fully saturated rings. The molecule has 1 aliphatic heterocycles. The molecule has 0 spiro atoms. The Balaban J connectivity index is 0.00000841. The number of hydrogen-bond acceptors (Lipinski definition) is 9. The number of imide groups is 1.